The summed E-state index contributed by atoms with van der Waals surface area (Å²) in [4.78, 5) is 14.7. The zero-order valence-corrected chi connectivity index (χ0v) is 11.2. The van der Waals surface area contributed by atoms with Crippen LogP contribution in [0.25, 0.3) is 0 Å². The Labute approximate surface area is 114 Å². The van der Waals surface area contributed by atoms with Crippen molar-refractivity contribution in [2.75, 3.05) is 32.7 Å². The molecule has 102 valence electrons. The lowest BCUT2D eigenvalue weighted by molar-refractivity contribution is 0.0765. The maximum Gasteiger partial charge on any atom is 0.254 e. The second-order valence-electron chi connectivity index (χ2n) is 5.27. The number of amides is 1. The molecule has 19 heavy (non-hydrogen) atoms. The van der Waals surface area contributed by atoms with Gasteiger partial charge in [-0.2, -0.15) is 0 Å². The van der Waals surface area contributed by atoms with Crippen LogP contribution in [0.2, 0.25) is 0 Å². The molecule has 0 aliphatic carbocycles. The van der Waals surface area contributed by atoms with Crippen LogP contribution in [-0.2, 0) is 13.0 Å². The average Bonchev–Trinajstić information content (AvgIpc) is 2.75. The Hall–Kier alpha value is -1.39. The summed E-state index contributed by atoms with van der Waals surface area (Å²) in [6.07, 6.45) is 2.07. The molecule has 1 aromatic rings. The van der Waals surface area contributed by atoms with E-state index in [2.05, 4.69) is 16.7 Å². The fourth-order valence-electron chi connectivity index (χ4n) is 2.93. The summed E-state index contributed by atoms with van der Waals surface area (Å²) in [7, 11) is 0. The quantitative estimate of drug-likeness (QED) is 0.783. The molecule has 2 heterocycles. The normalized spacial score (nSPS) is 19.7. The minimum absolute atomic E-state index is 0.198. The molecule has 1 saturated heterocycles. The zero-order valence-electron chi connectivity index (χ0n) is 11.2. The van der Waals surface area contributed by atoms with Crippen molar-refractivity contribution >= 4 is 5.91 Å². The fraction of sp³-hybridized carbons (Fsp3) is 0.533. The van der Waals surface area contributed by atoms with Crippen molar-refractivity contribution in [1.29, 1.82) is 0 Å². The van der Waals surface area contributed by atoms with E-state index in [1.807, 2.05) is 17.0 Å². The second-order valence-corrected chi connectivity index (χ2v) is 5.27. The van der Waals surface area contributed by atoms with Crippen LogP contribution < -0.4 is 10.6 Å². The number of nitrogens with one attached hydrogen (secondary N) is 2. The van der Waals surface area contributed by atoms with E-state index in [1.165, 1.54) is 11.1 Å². The van der Waals surface area contributed by atoms with E-state index in [1.54, 1.807) is 0 Å². The van der Waals surface area contributed by atoms with E-state index < -0.39 is 0 Å². The van der Waals surface area contributed by atoms with E-state index in [9.17, 15) is 4.79 Å². The number of fused-ring (bicyclic) bond motifs is 1. The van der Waals surface area contributed by atoms with Crippen LogP contribution in [0.4, 0.5) is 0 Å². The number of hydrogen-bond acceptors (Lipinski definition) is 3. The molecule has 2 aliphatic rings. The number of benzene rings is 1. The van der Waals surface area contributed by atoms with Crippen LogP contribution in [0, 0.1) is 0 Å². The highest BCUT2D eigenvalue weighted by atomic mass is 16.2. The van der Waals surface area contributed by atoms with Gasteiger partial charge in [-0.05, 0) is 43.1 Å². The van der Waals surface area contributed by atoms with Gasteiger partial charge in [-0.3, -0.25) is 4.79 Å². The second kappa shape index (κ2) is 5.72. The minimum Gasteiger partial charge on any atom is -0.337 e. The standard InChI is InChI=1S/C15H21N3O/c19-15(18-9-2-6-16-8-10-18)13-4-1-3-12-5-7-17-11-14(12)13/h1,3-4,16-17H,2,5-11H2. The molecule has 0 aromatic heterocycles. The third-order valence-corrected chi connectivity index (χ3v) is 4.00. The highest BCUT2D eigenvalue weighted by Gasteiger charge is 2.22. The van der Waals surface area contributed by atoms with Crippen molar-refractivity contribution in [3.8, 4) is 0 Å². The average molecular weight is 259 g/mol. The van der Waals surface area contributed by atoms with Gasteiger partial charge in [0.05, 0.1) is 0 Å². The summed E-state index contributed by atoms with van der Waals surface area (Å²) in [5.41, 5.74) is 3.43. The van der Waals surface area contributed by atoms with E-state index in [0.29, 0.717) is 0 Å². The van der Waals surface area contributed by atoms with Crippen LogP contribution in [0.1, 0.15) is 27.9 Å². The minimum atomic E-state index is 0.198. The van der Waals surface area contributed by atoms with Gasteiger partial charge < -0.3 is 15.5 Å². The van der Waals surface area contributed by atoms with Crippen molar-refractivity contribution in [3.63, 3.8) is 0 Å². The van der Waals surface area contributed by atoms with Crippen LogP contribution in [0.3, 0.4) is 0 Å². The molecule has 2 aliphatic heterocycles. The molecule has 4 heteroatoms. The maximum atomic E-state index is 12.7. The van der Waals surface area contributed by atoms with E-state index in [4.69, 9.17) is 0 Å². The molecule has 2 N–H and O–H groups in total. The fourth-order valence-corrected chi connectivity index (χ4v) is 2.93. The van der Waals surface area contributed by atoms with Gasteiger partial charge in [-0.1, -0.05) is 12.1 Å². The lowest BCUT2D eigenvalue weighted by Gasteiger charge is -2.24. The van der Waals surface area contributed by atoms with Gasteiger partial charge in [-0.25, -0.2) is 0 Å². The van der Waals surface area contributed by atoms with Gasteiger partial charge >= 0.3 is 0 Å². The van der Waals surface area contributed by atoms with Crippen molar-refractivity contribution in [3.05, 3.63) is 34.9 Å². The van der Waals surface area contributed by atoms with Gasteiger partial charge in [0.25, 0.3) is 5.91 Å². The Morgan fingerprint density at radius 3 is 3.00 bits per heavy atom. The van der Waals surface area contributed by atoms with Gasteiger partial charge in [-0.15, -0.1) is 0 Å². The summed E-state index contributed by atoms with van der Waals surface area (Å²) < 4.78 is 0. The number of carbonyl (C=O) groups is 1. The first kappa shape index (κ1) is 12.6. The topological polar surface area (TPSA) is 44.4 Å². The van der Waals surface area contributed by atoms with Crippen LogP contribution in [0.15, 0.2) is 18.2 Å². The molecule has 1 amide bonds. The van der Waals surface area contributed by atoms with Gasteiger partial charge in [0.15, 0.2) is 0 Å². The number of carbonyl (C=O) groups excluding carboxylic acids is 1. The molecule has 0 bridgehead atoms. The van der Waals surface area contributed by atoms with Crippen LogP contribution in [0.5, 0.6) is 0 Å². The summed E-state index contributed by atoms with van der Waals surface area (Å²) in [5, 5.41) is 6.71. The molecule has 3 rings (SSSR count). The van der Waals surface area contributed by atoms with Gasteiger partial charge in [0, 0.05) is 31.7 Å². The molecule has 0 saturated carbocycles. The molecule has 1 fully saturated rings. The highest BCUT2D eigenvalue weighted by molar-refractivity contribution is 5.96. The molecule has 0 radical (unpaired) electrons. The first-order valence-electron chi connectivity index (χ1n) is 7.18. The van der Waals surface area contributed by atoms with Crippen molar-refractivity contribution in [1.82, 2.24) is 15.5 Å². The highest BCUT2D eigenvalue weighted by Crippen LogP contribution is 2.20. The predicted octanol–water partition coefficient (Wildman–Crippen LogP) is 0.768. The molecule has 4 nitrogen and oxygen atoms in total. The Bertz CT molecular complexity index is 464. The Morgan fingerprint density at radius 1 is 1.11 bits per heavy atom. The molecular formula is C15H21N3O. The third-order valence-electron chi connectivity index (χ3n) is 4.00. The lowest BCUT2D eigenvalue weighted by Crippen LogP contribution is -2.36. The predicted molar refractivity (Wildman–Crippen MR) is 75.2 cm³/mol. The van der Waals surface area contributed by atoms with Crippen molar-refractivity contribution in [2.24, 2.45) is 0 Å². The molecule has 0 spiro atoms. The van der Waals surface area contributed by atoms with E-state index in [-0.39, 0.29) is 5.91 Å². The number of nitrogens with zero attached hydrogens (tertiary/aromatic N) is 1. The smallest absolute Gasteiger partial charge is 0.254 e. The largest absolute Gasteiger partial charge is 0.337 e. The van der Waals surface area contributed by atoms with Crippen LogP contribution >= 0.6 is 0 Å². The summed E-state index contributed by atoms with van der Waals surface area (Å²) in [5.74, 6) is 0.198. The third kappa shape index (κ3) is 2.65. The lowest BCUT2D eigenvalue weighted by atomic mass is 9.95. The van der Waals surface area contributed by atoms with Crippen LogP contribution in [-0.4, -0.2) is 43.5 Å². The molecular weight excluding hydrogens is 238 g/mol. The van der Waals surface area contributed by atoms with Gasteiger partial charge in [0.2, 0.25) is 0 Å². The number of rotatable bonds is 1. The Morgan fingerprint density at radius 2 is 2.05 bits per heavy atom. The van der Waals surface area contributed by atoms with Gasteiger partial charge in [0.1, 0.15) is 0 Å². The summed E-state index contributed by atoms with van der Waals surface area (Å²) in [6.45, 7) is 5.43. The number of hydrogen-bond donors (Lipinski definition) is 2. The summed E-state index contributed by atoms with van der Waals surface area (Å²) >= 11 is 0. The first-order valence-corrected chi connectivity index (χ1v) is 7.18. The Balaban J connectivity index is 1.86. The monoisotopic (exact) mass is 259 g/mol. The van der Waals surface area contributed by atoms with Crippen molar-refractivity contribution < 1.29 is 4.79 Å². The van der Waals surface area contributed by atoms with E-state index in [0.717, 1.165) is 57.7 Å². The van der Waals surface area contributed by atoms with E-state index >= 15 is 0 Å². The first-order chi connectivity index (χ1) is 9.36. The maximum absolute atomic E-state index is 12.7. The Kier molecular flexibility index (Phi) is 3.80. The van der Waals surface area contributed by atoms with Crippen molar-refractivity contribution in [2.45, 2.75) is 19.4 Å². The zero-order chi connectivity index (χ0) is 13.1. The molecule has 0 unspecified atom stereocenters. The molecule has 1 aromatic carbocycles. The summed E-state index contributed by atoms with van der Waals surface area (Å²) in [6, 6.07) is 6.15. The molecule has 0 atom stereocenters. The SMILES string of the molecule is O=C(c1cccc2c1CNCC2)N1CCCNCC1.